The molecule has 0 aliphatic rings. The smallest absolute Gasteiger partial charge is 0.127 e. The predicted octanol–water partition coefficient (Wildman–Crippen LogP) is 4.31. The first kappa shape index (κ1) is 12.5. The molecular formula is C18H17NO. The number of rotatable bonds is 3. The summed E-state index contributed by atoms with van der Waals surface area (Å²) in [6.07, 6.45) is 0. The van der Waals surface area contributed by atoms with Gasteiger partial charge in [0.05, 0.1) is 0 Å². The van der Waals surface area contributed by atoms with E-state index in [0.29, 0.717) is 6.61 Å². The fourth-order valence-corrected chi connectivity index (χ4v) is 2.37. The topological polar surface area (TPSA) is 35.2 Å². The van der Waals surface area contributed by atoms with Crippen molar-refractivity contribution in [3.8, 4) is 5.75 Å². The number of anilines is 1. The van der Waals surface area contributed by atoms with Crippen LogP contribution in [0.15, 0.2) is 60.7 Å². The highest BCUT2D eigenvalue weighted by atomic mass is 16.5. The van der Waals surface area contributed by atoms with E-state index in [0.717, 1.165) is 22.4 Å². The third kappa shape index (κ3) is 2.32. The van der Waals surface area contributed by atoms with Crippen LogP contribution in [0.25, 0.3) is 10.8 Å². The lowest BCUT2D eigenvalue weighted by molar-refractivity contribution is 0.310. The van der Waals surface area contributed by atoms with Crippen molar-refractivity contribution < 1.29 is 4.74 Å². The van der Waals surface area contributed by atoms with Crippen molar-refractivity contribution in [2.45, 2.75) is 13.5 Å². The highest BCUT2D eigenvalue weighted by molar-refractivity contribution is 5.90. The molecule has 0 aliphatic carbocycles. The molecule has 0 bridgehead atoms. The van der Waals surface area contributed by atoms with Gasteiger partial charge in [-0.05, 0) is 30.0 Å². The molecule has 0 heterocycles. The fourth-order valence-electron chi connectivity index (χ4n) is 2.37. The Morgan fingerprint density at radius 3 is 2.35 bits per heavy atom. The lowest BCUT2D eigenvalue weighted by Crippen LogP contribution is -2.00. The van der Waals surface area contributed by atoms with E-state index in [9.17, 15) is 0 Å². The second kappa shape index (κ2) is 5.25. The molecule has 3 aromatic carbocycles. The van der Waals surface area contributed by atoms with Gasteiger partial charge in [0, 0.05) is 16.6 Å². The molecule has 2 nitrogen and oxygen atoms in total. The summed E-state index contributed by atoms with van der Waals surface area (Å²) in [6.45, 7) is 2.60. The van der Waals surface area contributed by atoms with Gasteiger partial charge in [-0.1, -0.05) is 48.5 Å². The van der Waals surface area contributed by atoms with Crippen molar-refractivity contribution in [1.29, 1.82) is 0 Å². The van der Waals surface area contributed by atoms with E-state index in [1.54, 1.807) is 0 Å². The number of hydrogen-bond acceptors (Lipinski definition) is 2. The molecule has 2 heteroatoms. The normalized spacial score (nSPS) is 10.7. The molecule has 0 radical (unpaired) electrons. The van der Waals surface area contributed by atoms with Gasteiger partial charge in [-0.3, -0.25) is 0 Å². The van der Waals surface area contributed by atoms with Crippen LogP contribution >= 0.6 is 0 Å². The van der Waals surface area contributed by atoms with Crippen LogP contribution in [0.1, 0.15) is 11.1 Å². The molecule has 3 aromatic rings. The summed E-state index contributed by atoms with van der Waals surface area (Å²) in [5.74, 6) is 0.898. The van der Waals surface area contributed by atoms with Crippen molar-refractivity contribution in [2.24, 2.45) is 0 Å². The molecule has 0 spiro atoms. The zero-order chi connectivity index (χ0) is 13.9. The minimum absolute atomic E-state index is 0.486. The maximum absolute atomic E-state index is 5.96. The number of nitrogens with two attached hydrogens (primary N) is 1. The molecule has 0 fully saturated rings. The minimum atomic E-state index is 0.486. The van der Waals surface area contributed by atoms with Gasteiger partial charge in [-0.15, -0.1) is 0 Å². The summed E-state index contributed by atoms with van der Waals surface area (Å²) in [5, 5.41) is 2.37. The Morgan fingerprint density at radius 1 is 0.850 bits per heavy atom. The molecule has 3 rings (SSSR count). The number of hydrogen-bond donors (Lipinski definition) is 1. The largest absolute Gasteiger partial charge is 0.488 e. The van der Waals surface area contributed by atoms with Crippen LogP contribution in [0.2, 0.25) is 0 Å². The number of para-hydroxylation sites is 1. The maximum Gasteiger partial charge on any atom is 0.127 e. The third-order valence-electron chi connectivity index (χ3n) is 3.54. The average molecular weight is 263 g/mol. The van der Waals surface area contributed by atoms with Gasteiger partial charge in [-0.2, -0.15) is 0 Å². The van der Waals surface area contributed by atoms with Crippen LogP contribution in [0.5, 0.6) is 5.75 Å². The molecule has 0 saturated heterocycles. The zero-order valence-electron chi connectivity index (χ0n) is 11.5. The van der Waals surface area contributed by atoms with Crippen LogP contribution in [0, 0.1) is 6.92 Å². The van der Waals surface area contributed by atoms with E-state index in [2.05, 4.69) is 25.1 Å². The molecule has 2 N–H and O–H groups in total. The summed E-state index contributed by atoms with van der Waals surface area (Å²) in [5.41, 5.74) is 8.98. The van der Waals surface area contributed by atoms with Gasteiger partial charge >= 0.3 is 0 Å². The van der Waals surface area contributed by atoms with Gasteiger partial charge in [0.25, 0.3) is 0 Å². The second-order valence-corrected chi connectivity index (χ2v) is 4.91. The molecule has 0 amide bonds. The highest BCUT2D eigenvalue weighted by Crippen LogP contribution is 2.29. The van der Waals surface area contributed by atoms with Crippen molar-refractivity contribution in [2.75, 3.05) is 5.73 Å². The summed E-state index contributed by atoms with van der Waals surface area (Å²) < 4.78 is 5.96. The monoisotopic (exact) mass is 263 g/mol. The first-order valence-corrected chi connectivity index (χ1v) is 6.70. The van der Waals surface area contributed by atoms with E-state index in [4.69, 9.17) is 10.5 Å². The van der Waals surface area contributed by atoms with E-state index >= 15 is 0 Å². The van der Waals surface area contributed by atoms with Crippen LogP contribution in [0.3, 0.4) is 0 Å². The Kier molecular flexibility index (Phi) is 3.30. The average Bonchev–Trinajstić information content (AvgIpc) is 2.48. The van der Waals surface area contributed by atoms with Gasteiger partial charge in [0.2, 0.25) is 0 Å². The van der Waals surface area contributed by atoms with Crippen molar-refractivity contribution in [3.05, 3.63) is 71.8 Å². The quantitative estimate of drug-likeness (QED) is 0.715. The lowest BCUT2D eigenvalue weighted by atomic mass is 10.0. The lowest BCUT2D eigenvalue weighted by Gasteiger charge is -2.12. The van der Waals surface area contributed by atoms with Crippen molar-refractivity contribution in [1.82, 2.24) is 0 Å². The number of nitrogen functional groups attached to an aromatic ring is 1. The van der Waals surface area contributed by atoms with E-state index in [1.807, 2.05) is 42.5 Å². The summed E-state index contributed by atoms with van der Waals surface area (Å²) in [6, 6.07) is 20.2. The van der Waals surface area contributed by atoms with Gasteiger partial charge in [-0.25, -0.2) is 0 Å². The minimum Gasteiger partial charge on any atom is -0.488 e. The van der Waals surface area contributed by atoms with Gasteiger partial charge in [0.1, 0.15) is 12.4 Å². The summed E-state index contributed by atoms with van der Waals surface area (Å²) in [7, 11) is 0. The van der Waals surface area contributed by atoms with Crippen LogP contribution < -0.4 is 10.5 Å². The zero-order valence-corrected chi connectivity index (χ0v) is 11.5. The number of fused-ring (bicyclic) bond motifs is 1. The first-order chi connectivity index (χ1) is 9.75. The standard InChI is InChI=1S/C18H17NO/c1-13-10-11-18(16-8-4-3-7-15(13)16)20-12-14-6-2-5-9-17(14)19/h2-11H,12,19H2,1H3. The SMILES string of the molecule is Cc1ccc(OCc2ccccc2N)c2ccccc12. The number of ether oxygens (including phenoxy) is 1. The van der Waals surface area contributed by atoms with Crippen molar-refractivity contribution >= 4 is 16.5 Å². The van der Waals surface area contributed by atoms with Crippen molar-refractivity contribution in [3.63, 3.8) is 0 Å². The molecular weight excluding hydrogens is 246 g/mol. The molecule has 100 valence electrons. The Balaban J connectivity index is 1.92. The van der Waals surface area contributed by atoms with E-state index < -0.39 is 0 Å². The van der Waals surface area contributed by atoms with Crippen LogP contribution in [-0.2, 0) is 6.61 Å². The number of benzene rings is 3. The fraction of sp³-hybridized carbons (Fsp3) is 0.111. The Hall–Kier alpha value is -2.48. The Morgan fingerprint density at radius 2 is 1.55 bits per heavy atom. The molecule has 0 unspecified atom stereocenters. The van der Waals surface area contributed by atoms with E-state index in [-0.39, 0.29) is 0 Å². The molecule has 0 aliphatic heterocycles. The second-order valence-electron chi connectivity index (χ2n) is 4.91. The van der Waals surface area contributed by atoms with E-state index in [1.165, 1.54) is 10.9 Å². The first-order valence-electron chi connectivity index (χ1n) is 6.70. The van der Waals surface area contributed by atoms with Crippen LogP contribution in [0.4, 0.5) is 5.69 Å². The predicted molar refractivity (Wildman–Crippen MR) is 83.9 cm³/mol. The Labute approximate surface area is 118 Å². The maximum atomic E-state index is 5.96. The molecule has 0 aromatic heterocycles. The Bertz CT molecular complexity index is 749. The third-order valence-corrected chi connectivity index (χ3v) is 3.54. The molecule has 0 saturated carbocycles. The number of aryl methyl sites for hydroxylation is 1. The summed E-state index contributed by atoms with van der Waals surface area (Å²) >= 11 is 0. The van der Waals surface area contributed by atoms with Gasteiger partial charge in [0.15, 0.2) is 0 Å². The van der Waals surface area contributed by atoms with Gasteiger partial charge < -0.3 is 10.5 Å². The van der Waals surface area contributed by atoms with Crippen LogP contribution in [-0.4, -0.2) is 0 Å². The summed E-state index contributed by atoms with van der Waals surface area (Å²) in [4.78, 5) is 0. The molecule has 0 atom stereocenters. The molecule has 20 heavy (non-hydrogen) atoms. The highest BCUT2D eigenvalue weighted by Gasteiger charge is 2.05.